The Labute approximate surface area is 107 Å². The Bertz CT molecular complexity index is 569. The van der Waals surface area contributed by atoms with Gasteiger partial charge in [0, 0.05) is 12.2 Å². The van der Waals surface area contributed by atoms with Crippen molar-refractivity contribution >= 4 is 22.8 Å². The van der Waals surface area contributed by atoms with E-state index in [4.69, 9.17) is 10.2 Å². The molecule has 3 N–H and O–H groups in total. The second-order valence-electron chi connectivity index (χ2n) is 5.62. The van der Waals surface area contributed by atoms with Crippen LogP contribution in [0.5, 0.6) is 0 Å². The molecule has 1 aromatic carbocycles. The lowest BCUT2D eigenvalue weighted by molar-refractivity contribution is 0.376. The number of nitrogens with two attached hydrogens (primary N) is 1. The van der Waals surface area contributed by atoms with E-state index in [0.29, 0.717) is 23.0 Å². The first-order chi connectivity index (χ1) is 8.59. The van der Waals surface area contributed by atoms with Gasteiger partial charge in [0.05, 0.1) is 0 Å². The minimum Gasteiger partial charge on any atom is -0.424 e. The zero-order valence-corrected chi connectivity index (χ0v) is 10.9. The fourth-order valence-corrected chi connectivity index (χ4v) is 2.39. The lowest BCUT2D eigenvalue weighted by atomic mass is 9.92. The SMILES string of the molecule is CC(C)C1(CNc2nc3cc(N)ccc3o2)CC1. The molecule has 3 rings (SSSR count). The molecule has 0 radical (unpaired) electrons. The van der Waals surface area contributed by atoms with Crippen LogP contribution in [0.15, 0.2) is 22.6 Å². The highest BCUT2D eigenvalue weighted by molar-refractivity contribution is 5.78. The highest BCUT2D eigenvalue weighted by atomic mass is 16.4. The molecule has 0 saturated heterocycles. The third kappa shape index (κ3) is 1.92. The van der Waals surface area contributed by atoms with Crippen molar-refractivity contribution in [2.75, 3.05) is 17.6 Å². The minimum atomic E-state index is 0.444. The summed E-state index contributed by atoms with van der Waals surface area (Å²) in [5, 5.41) is 3.32. The number of nitrogens with zero attached hydrogens (tertiary/aromatic N) is 1. The van der Waals surface area contributed by atoms with Crippen LogP contribution in [-0.2, 0) is 0 Å². The molecule has 4 heteroatoms. The number of anilines is 2. The molecule has 0 atom stereocenters. The first-order valence-electron chi connectivity index (χ1n) is 6.49. The molecule has 1 aliphatic carbocycles. The minimum absolute atomic E-state index is 0.444. The molecule has 4 nitrogen and oxygen atoms in total. The highest BCUT2D eigenvalue weighted by Gasteiger charge is 2.45. The van der Waals surface area contributed by atoms with Crippen molar-refractivity contribution in [3.63, 3.8) is 0 Å². The van der Waals surface area contributed by atoms with Crippen molar-refractivity contribution in [3.05, 3.63) is 18.2 Å². The largest absolute Gasteiger partial charge is 0.424 e. The summed E-state index contributed by atoms with van der Waals surface area (Å²) < 4.78 is 5.65. The Morgan fingerprint density at radius 1 is 1.44 bits per heavy atom. The number of hydrogen-bond donors (Lipinski definition) is 2. The van der Waals surface area contributed by atoms with Crippen LogP contribution < -0.4 is 11.1 Å². The van der Waals surface area contributed by atoms with E-state index < -0.39 is 0 Å². The van der Waals surface area contributed by atoms with Gasteiger partial charge in [-0.25, -0.2) is 0 Å². The molecule has 18 heavy (non-hydrogen) atoms. The van der Waals surface area contributed by atoms with E-state index in [0.717, 1.165) is 17.6 Å². The Morgan fingerprint density at radius 3 is 2.89 bits per heavy atom. The summed E-state index contributed by atoms with van der Waals surface area (Å²) >= 11 is 0. The van der Waals surface area contributed by atoms with Gasteiger partial charge in [0.2, 0.25) is 0 Å². The van der Waals surface area contributed by atoms with Crippen molar-refractivity contribution < 1.29 is 4.42 Å². The van der Waals surface area contributed by atoms with Crippen LogP contribution in [0.25, 0.3) is 11.1 Å². The van der Waals surface area contributed by atoms with E-state index in [9.17, 15) is 0 Å². The standard InChI is InChI=1S/C14H19N3O/c1-9(2)14(5-6-14)8-16-13-17-11-7-10(15)3-4-12(11)18-13/h3-4,7,9H,5-6,8,15H2,1-2H3,(H,16,17). The van der Waals surface area contributed by atoms with Crippen molar-refractivity contribution in [1.29, 1.82) is 0 Å². The van der Waals surface area contributed by atoms with E-state index in [-0.39, 0.29) is 0 Å². The summed E-state index contributed by atoms with van der Waals surface area (Å²) in [6.45, 7) is 5.50. The van der Waals surface area contributed by atoms with Gasteiger partial charge in [-0.2, -0.15) is 4.98 Å². The predicted octanol–water partition coefficient (Wildman–Crippen LogP) is 3.26. The van der Waals surface area contributed by atoms with Gasteiger partial charge in [-0.3, -0.25) is 0 Å². The number of hydrogen-bond acceptors (Lipinski definition) is 4. The smallest absolute Gasteiger partial charge is 0.295 e. The summed E-state index contributed by atoms with van der Waals surface area (Å²) in [5.74, 6) is 0.699. The first kappa shape index (κ1) is 11.4. The van der Waals surface area contributed by atoms with Gasteiger partial charge >= 0.3 is 0 Å². The van der Waals surface area contributed by atoms with Crippen molar-refractivity contribution in [1.82, 2.24) is 4.98 Å². The lowest BCUT2D eigenvalue weighted by Gasteiger charge is -2.19. The van der Waals surface area contributed by atoms with Gasteiger partial charge in [0.1, 0.15) is 5.52 Å². The van der Waals surface area contributed by atoms with Crippen molar-refractivity contribution in [2.24, 2.45) is 11.3 Å². The Hall–Kier alpha value is -1.71. The van der Waals surface area contributed by atoms with Gasteiger partial charge in [-0.1, -0.05) is 13.8 Å². The Kier molecular flexibility index (Phi) is 2.47. The van der Waals surface area contributed by atoms with E-state index >= 15 is 0 Å². The molecule has 0 spiro atoms. The molecule has 0 unspecified atom stereocenters. The third-order valence-electron chi connectivity index (χ3n) is 4.12. The van der Waals surface area contributed by atoms with Gasteiger partial charge in [-0.15, -0.1) is 0 Å². The average molecular weight is 245 g/mol. The number of oxazole rings is 1. The maximum Gasteiger partial charge on any atom is 0.295 e. The van der Waals surface area contributed by atoms with Crippen molar-refractivity contribution in [3.8, 4) is 0 Å². The van der Waals surface area contributed by atoms with Crippen LogP contribution in [-0.4, -0.2) is 11.5 Å². The molecule has 2 aromatic rings. The summed E-state index contributed by atoms with van der Waals surface area (Å²) in [6, 6.07) is 6.12. The molecule has 96 valence electrons. The summed E-state index contributed by atoms with van der Waals surface area (Å²) in [7, 11) is 0. The molecular weight excluding hydrogens is 226 g/mol. The number of aromatic nitrogens is 1. The third-order valence-corrected chi connectivity index (χ3v) is 4.12. The van der Waals surface area contributed by atoms with Crippen LogP contribution in [0.1, 0.15) is 26.7 Å². The van der Waals surface area contributed by atoms with Gasteiger partial charge in [0.15, 0.2) is 5.58 Å². The molecule has 0 amide bonds. The highest BCUT2D eigenvalue weighted by Crippen LogP contribution is 2.51. The molecule has 1 saturated carbocycles. The summed E-state index contributed by atoms with van der Waals surface area (Å²) in [6.07, 6.45) is 2.59. The number of rotatable bonds is 4. The Balaban J connectivity index is 1.75. The fourth-order valence-electron chi connectivity index (χ4n) is 2.39. The number of nitrogens with one attached hydrogen (secondary N) is 1. The predicted molar refractivity (Wildman–Crippen MR) is 73.4 cm³/mol. The molecule has 1 aromatic heterocycles. The quantitative estimate of drug-likeness (QED) is 0.811. The molecule has 0 bridgehead atoms. The zero-order valence-electron chi connectivity index (χ0n) is 10.9. The maximum atomic E-state index is 5.72. The molecular formula is C14H19N3O. The topological polar surface area (TPSA) is 64.1 Å². The van der Waals surface area contributed by atoms with Crippen LogP contribution in [0.4, 0.5) is 11.7 Å². The van der Waals surface area contributed by atoms with Crippen LogP contribution in [0.3, 0.4) is 0 Å². The van der Waals surface area contributed by atoms with E-state index in [2.05, 4.69) is 24.1 Å². The fraction of sp³-hybridized carbons (Fsp3) is 0.500. The van der Waals surface area contributed by atoms with Crippen LogP contribution in [0, 0.1) is 11.3 Å². The van der Waals surface area contributed by atoms with Crippen molar-refractivity contribution in [2.45, 2.75) is 26.7 Å². The number of nitrogen functional groups attached to an aromatic ring is 1. The number of benzene rings is 1. The van der Waals surface area contributed by atoms with Crippen LogP contribution >= 0.6 is 0 Å². The second kappa shape index (κ2) is 3.90. The summed E-state index contributed by atoms with van der Waals surface area (Å²) in [5.41, 5.74) is 8.47. The van der Waals surface area contributed by atoms with E-state index in [1.165, 1.54) is 12.8 Å². The van der Waals surface area contributed by atoms with E-state index in [1.807, 2.05) is 18.2 Å². The normalized spacial score (nSPS) is 17.3. The number of fused-ring (bicyclic) bond motifs is 1. The summed E-state index contributed by atoms with van der Waals surface area (Å²) in [4.78, 5) is 4.41. The molecule has 0 aliphatic heterocycles. The molecule has 1 fully saturated rings. The first-order valence-corrected chi connectivity index (χ1v) is 6.49. The van der Waals surface area contributed by atoms with Gasteiger partial charge in [0.25, 0.3) is 6.01 Å². The Morgan fingerprint density at radius 2 is 2.22 bits per heavy atom. The lowest BCUT2D eigenvalue weighted by Crippen LogP contribution is -2.20. The molecule has 1 heterocycles. The van der Waals surface area contributed by atoms with Gasteiger partial charge in [-0.05, 0) is 42.4 Å². The maximum absolute atomic E-state index is 5.72. The van der Waals surface area contributed by atoms with Crippen LogP contribution in [0.2, 0.25) is 0 Å². The van der Waals surface area contributed by atoms with E-state index in [1.54, 1.807) is 0 Å². The second-order valence-corrected chi connectivity index (χ2v) is 5.62. The monoisotopic (exact) mass is 245 g/mol. The zero-order chi connectivity index (χ0) is 12.8. The molecule has 1 aliphatic rings. The van der Waals surface area contributed by atoms with Gasteiger partial charge < -0.3 is 15.5 Å². The average Bonchev–Trinajstić information content (AvgIpc) is 3.02.